The zero-order valence-corrected chi connectivity index (χ0v) is 9.42. The molecular formula is C10H22N2O. The lowest BCUT2D eigenvalue weighted by atomic mass is 10.2. The lowest BCUT2D eigenvalue weighted by molar-refractivity contribution is -0.132. The lowest BCUT2D eigenvalue weighted by Gasteiger charge is -2.28. The van der Waals surface area contributed by atoms with Crippen LogP contribution in [-0.4, -0.2) is 37.0 Å². The van der Waals surface area contributed by atoms with E-state index in [9.17, 15) is 4.79 Å². The van der Waals surface area contributed by atoms with Crippen LogP contribution in [-0.2, 0) is 4.79 Å². The molecule has 0 aromatic carbocycles. The summed E-state index contributed by atoms with van der Waals surface area (Å²) < 4.78 is 0. The number of carbonyl (C=O) groups is 1. The van der Waals surface area contributed by atoms with Crippen molar-refractivity contribution in [1.29, 1.82) is 0 Å². The molecule has 0 aromatic heterocycles. The monoisotopic (exact) mass is 186 g/mol. The Morgan fingerprint density at radius 1 is 1.31 bits per heavy atom. The van der Waals surface area contributed by atoms with E-state index >= 15 is 0 Å². The van der Waals surface area contributed by atoms with Crippen molar-refractivity contribution in [2.75, 3.05) is 20.1 Å². The van der Waals surface area contributed by atoms with Gasteiger partial charge in [0.25, 0.3) is 0 Å². The summed E-state index contributed by atoms with van der Waals surface area (Å²) >= 11 is 0. The largest absolute Gasteiger partial charge is 0.339 e. The summed E-state index contributed by atoms with van der Waals surface area (Å²) in [5.41, 5.74) is 0. The molecule has 0 unspecified atom stereocenters. The Labute approximate surface area is 81.5 Å². The van der Waals surface area contributed by atoms with Crippen molar-refractivity contribution >= 4 is 5.91 Å². The fraction of sp³-hybridized carbons (Fsp3) is 0.900. The van der Waals surface area contributed by atoms with Gasteiger partial charge in [-0.3, -0.25) is 4.79 Å². The molecular weight excluding hydrogens is 164 g/mol. The maximum absolute atomic E-state index is 11.6. The normalized spacial score (nSPS) is 11.0. The van der Waals surface area contributed by atoms with Crippen molar-refractivity contribution in [1.82, 2.24) is 10.2 Å². The Kier molecular flexibility index (Phi) is 5.71. The van der Waals surface area contributed by atoms with Gasteiger partial charge in [-0.1, -0.05) is 13.8 Å². The molecule has 0 spiro atoms. The summed E-state index contributed by atoms with van der Waals surface area (Å²) in [5.74, 6) is 0.717. The van der Waals surface area contributed by atoms with Gasteiger partial charge in [-0.05, 0) is 26.8 Å². The molecule has 13 heavy (non-hydrogen) atoms. The van der Waals surface area contributed by atoms with Crippen LogP contribution < -0.4 is 5.32 Å². The van der Waals surface area contributed by atoms with Gasteiger partial charge < -0.3 is 10.2 Å². The second kappa shape index (κ2) is 5.97. The molecule has 0 aliphatic heterocycles. The van der Waals surface area contributed by atoms with Crippen molar-refractivity contribution < 1.29 is 4.79 Å². The van der Waals surface area contributed by atoms with Crippen molar-refractivity contribution in [3.8, 4) is 0 Å². The van der Waals surface area contributed by atoms with E-state index < -0.39 is 0 Å². The average Bonchev–Trinajstić information content (AvgIpc) is 1.99. The van der Waals surface area contributed by atoms with Gasteiger partial charge in [0.2, 0.25) is 5.91 Å². The van der Waals surface area contributed by atoms with Crippen molar-refractivity contribution in [2.24, 2.45) is 5.92 Å². The Bertz CT molecular complexity index is 155. The molecule has 1 amide bonds. The number of nitrogens with one attached hydrogen (secondary N) is 1. The second-order valence-electron chi connectivity index (χ2n) is 4.06. The van der Waals surface area contributed by atoms with Crippen molar-refractivity contribution in [2.45, 2.75) is 33.7 Å². The van der Waals surface area contributed by atoms with Crippen LogP contribution in [0.5, 0.6) is 0 Å². The average molecular weight is 186 g/mol. The van der Waals surface area contributed by atoms with Crippen molar-refractivity contribution in [3.63, 3.8) is 0 Å². The molecule has 0 bridgehead atoms. The SMILES string of the molecule is CNCC(=O)N(CC(C)C)C(C)C. The highest BCUT2D eigenvalue weighted by atomic mass is 16.2. The number of hydrogen-bond acceptors (Lipinski definition) is 2. The van der Waals surface area contributed by atoms with Crippen LogP contribution in [0.1, 0.15) is 27.7 Å². The molecule has 0 saturated carbocycles. The van der Waals surface area contributed by atoms with Crippen LogP contribution in [0.2, 0.25) is 0 Å². The lowest BCUT2D eigenvalue weighted by Crippen LogP contribution is -2.43. The molecule has 0 aromatic rings. The maximum Gasteiger partial charge on any atom is 0.236 e. The second-order valence-corrected chi connectivity index (χ2v) is 4.06. The number of carbonyl (C=O) groups excluding carboxylic acids is 1. The molecule has 1 N–H and O–H groups in total. The fourth-order valence-corrected chi connectivity index (χ4v) is 1.25. The molecule has 0 heterocycles. The summed E-state index contributed by atoms with van der Waals surface area (Å²) in [6.45, 7) is 9.64. The highest BCUT2D eigenvalue weighted by Gasteiger charge is 2.16. The maximum atomic E-state index is 11.6. The van der Waals surface area contributed by atoms with Gasteiger partial charge in [-0.25, -0.2) is 0 Å². The standard InChI is InChI=1S/C10H22N2O/c1-8(2)7-12(9(3)4)10(13)6-11-5/h8-9,11H,6-7H2,1-5H3. The zero-order valence-electron chi connectivity index (χ0n) is 9.42. The van der Waals surface area contributed by atoms with E-state index in [-0.39, 0.29) is 5.91 Å². The van der Waals surface area contributed by atoms with Crippen LogP contribution >= 0.6 is 0 Å². The highest BCUT2D eigenvalue weighted by molar-refractivity contribution is 5.78. The van der Waals surface area contributed by atoms with E-state index in [2.05, 4.69) is 33.0 Å². The Balaban J connectivity index is 4.15. The summed E-state index contributed by atoms with van der Waals surface area (Å²) in [6, 6.07) is 0.295. The minimum atomic E-state index is 0.186. The van der Waals surface area contributed by atoms with Crippen LogP contribution in [0.4, 0.5) is 0 Å². The van der Waals surface area contributed by atoms with Gasteiger partial charge in [0.05, 0.1) is 6.54 Å². The van der Waals surface area contributed by atoms with E-state index in [1.807, 2.05) is 4.90 Å². The highest BCUT2D eigenvalue weighted by Crippen LogP contribution is 2.04. The summed E-state index contributed by atoms with van der Waals surface area (Å²) in [5, 5.41) is 2.88. The van der Waals surface area contributed by atoms with E-state index in [1.54, 1.807) is 7.05 Å². The first kappa shape index (κ1) is 12.4. The Morgan fingerprint density at radius 2 is 1.85 bits per heavy atom. The fourth-order valence-electron chi connectivity index (χ4n) is 1.25. The minimum Gasteiger partial charge on any atom is -0.339 e. The first-order chi connectivity index (χ1) is 5.99. The first-order valence-corrected chi connectivity index (χ1v) is 4.93. The molecule has 0 radical (unpaired) electrons. The molecule has 0 rings (SSSR count). The predicted molar refractivity (Wildman–Crippen MR) is 55.6 cm³/mol. The van der Waals surface area contributed by atoms with E-state index in [0.29, 0.717) is 18.5 Å². The van der Waals surface area contributed by atoms with E-state index in [1.165, 1.54) is 0 Å². The number of rotatable bonds is 5. The van der Waals surface area contributed by atoms with E-state index in [4.69, 9.17) is 0 Å². The predicted octanol–water partition coefficient (Wildman–Crippen LogP) is 1.10. The zero-order chi connectivity index (χ0) is 10.4. The summed E-state index contributed by atoms with van der Waals surface area (Å²) in [7, 11) is 1.80. The molecule has 0 saturated heterocycles. The van der Waals surface area contributed by atoms with E-state index in [0.717, 1.165) is 6.54 Å². The molecule has 3 nitrogen and oxygen atoms in total. The van der Waals surface area contributed by atoms with Crippen LogP contribution in [0.3, 0.4) is 0 Å². The molecule has 78 valence electrons. The smallest absolute Gasteiger partial charge is 0.236 e. The summed E-state index contributed by atoms with van der Waals surface area (Å²) in [4.78, 5) is 13.5. The third-order valence-electron chi connectivity index (χ3n) is 1.83. The molecule has 0 atom stereocenters. The van der Waals surface area contributed by atoms with Gasteiger partial charge in [0, 0.05) is 12.6 Å². The molecule has 0 aliphatic carbocycles. The third kappa shape index (κ3) is 4.88. The van der Waals surface area contributed by atoms with Gasteiger partial charge in [-0.2, -0.15) is 0 Å². The third-order valence-corrected chi connectivity index (χ3v) is 1.83. The van der Waals surface area contributed by atoms with Gasteiger partial charge >= 0.3 is 0 Å². The molecule has 0 aliphatic rings. The van der Waals surface area contributed by atoms with Crippen LogP contribution in [0, 0.1) is 5.92 Å². The summed E-state index contributed by atoms with van der Waals surface area (Å²) in [6.07, 6.45) is 0. The Hall–Kier alpha value is -0.570. The number of amides is 1. The van der Waals surface area contributed by atoms with Crippen LogP contribution in [0.25, 0.3) is 0 Å². The molecule has 0 fully saturated rings. The number of likely N-dealkylation sites (N-methyl/N-ethyl adjacent to an activating group) is 1. The molecule has 3 heteroatoms. The number of nitrogens with zero attached hydrogens (tertiary/aromatic N) is 1. The van der Waals surface area contributed by atoms with Crippen molar-refractivity contribution in [3.05, 3.63) is 0 Å². The van der Waals surface area contributed by atoms with Crippen LogP contribution in [0.15, 0.2) is 0 Å². The van der Waals surface area contributed by atoms with Gasteiger partial charge in [0.1, 0.15) is 0 Å². The quantitative estimate of drug-likeness (QED) is 0.697. The topological polar surface area (TPSA) is 32.3 Å². The minimum absolute atomic E-state index is 0.186. The van der Waals surface area contributed by atoms with Gasteiger partial charge in [-0.15, -0.1) is 0 Å². The first-order valence-electron chi connectivity index (χ1n) is 4.93. The number of hydrogen-bond donors (Lipinski definition) is 1. The Morgan fingerprint density at radius 3 is 2.15 bits per heavy atom. The van der Waals surface area contributed by atoms with Gasteiger partial charge in [0.15, 0.2) is 0 Å².